The van der Waals surface area contributed by atoms with Gasteiger partial charge in [-0.25, -0.2) is 4.79 Å². The Morgan fingerprint density at radius 3 is 3.11 bits per heavy atom. The van der Waals surface area contributed by atoms with Crippen molar-refractivity contribution in [2.24, 2.45) is 5.11 Å². The second kappa shape index (κ2) is 5.73. The smallest absolute Gasteiger partial charge is 0.330 e. The number of rotatable bonds is 5. The van der Waals surface area contributed by atoms with Gasteiger partial charge in [0.2, 0.25) is 0 Å². The molecule has 1 aromatic carbocycles. The van der Waals surface area contributed by atoms with E-state index in [1.165, 1.54) is 7.11 Å². The highest BCUT2D eigenvalue weighted by Gasteiger charge is 2.45. The maximum absolute atomic E-state index is 12.2. The number of ether oxygens (including phenoxy) is 1. The van der Waals surface area contributed by atoms with Gasteiger partial charge < -0.3 is 4.74 Å². The van der Waals surface area contributed by atoms with E-state index in [0.717, 1.165) is 17.5 Å². The Hall–Kier alpha value is -2.04. The summed E-state index contributed by atoms with van der Waals surface area (Å²) in [7, 11) is 1.39. The summed E-state index contributed by atoms with van der Waals surface area (Å²) in [5, 5.41) is 6.67. The summed E-state index contributed by atoms with van der Waals surface area (Å²) in [6, 6.07) is 7.85. The van der Waals surface area contributed by atoms with Gasteiger partial charge >= 0.3 is 5.97 Å². The molecule has 0 heterocycles. The second-order valence-corrected chi connectivity index (χ2v) is 4.44. The van der Waals surface area contributed by atoms with Crippen molar-refractivity contribution in [1.29, 1.82) is 0 Å². The molecule has 0 bridgehead atoms. The summed E-state index contributed by atoms with van der Waals surface area (Å²) in [6.45, 7) is 0.741. The highest BCUT2D eigenvalue weighted by Crippen LogP contribution is 2.37. The molecule has 0 fully saturated rings. The number of azide groups is 1. The number of nitrogens with zero attached hydrogens (tertiary/aromatic N) is 3. The monoisotopic (exact) mass is 260 g/mol. The van der Waals surface area contributed by atoms with Crippen LogP contribution in [0.3, 0.4) is 0 Å². The van der Waals surface area contributed by atoms with E-state index in [9.17, 15) is 4.79 Å². The molecule has 2 rings (SSSR count). The van der Waals surface area contributed by atoms with Gasteiger partial charge in [-0.1, -0.05) is 29.4 Å². The number of benzene rings is 1. The van der Waals surface area contributed by atoms with Crippen molar-refractivity contribution in [3.05, 3.63) is 45.8 Å². The van der Waals surface area contributed by atoms with E-state index in [1.54, 1.807) is 0 Å². The number of carbonyl (C=O) groups excluding carboxylic acids is 1. The van der Waals surface area contributed by atoms with E-state index in [1.807, 2.05) is 24.3 Å². The standard InChI is InChI=1S/C13H16N4O2/c1-19-12(18)13(15-8-9-16-17-14)7-6-10-4-2-3-5-11(10)13/h2-5,15H,6-9H2,1H3. The third-order valence-electron chi connectivity index (χ3n) is 3.48. The number of esters is 1. The number of hydrogen-bond donors (Lipinski definition) is 1. The van der Waals surface area contributed by atoms with E-state index < -0.39 is 5.54 Å². The molecule has 1 aliphatic carbocycles. The molecule has 0 aliphatic heterocycles. The maximum Gasteiger partial charge on any atom is 0.330 e. The Balaban J connectivity index is 2.27. The average molecular weight is 260 g/mol. The molecule has 0 radical (unpaired) electrons. The lowest BCUT2D eigenvalue weighted by Crippen LogP contribution is -2.49. The van der Waals surface area contributed by atoms with Crippen molar-refractivity contribution in [3.63, 3.8) is 0 Å². The van der Waals surface area contributed by atoms with Crippen LogP contribution in [0, 0.1) is 0 Å². The molecule has 6 nitrogen and oxygen atoms in total. The SMILES string of the molecule is COC(=O)C1(NCCN=[N+]=[N-])CCc2ccccc21. The largest absolute Gasteiger partial charge is 0.467 e. The van der Waals surface area contributed by atoms with Crippen LogP contribution in [-0.4, -0.2) is 26.2 Å². The van der Waals surface area contributed by atoms with Gasteiger partial charge in [0.05, 0.1) is 7.11 Å². The number of aryl methyl sites for hydroxylation is 1. The van der Waals surface area contributed by atoms with Crippen LogP contribution in [-0.2, 0) is 21.5 Å². The molecule has 1 N–H and O–H groups in total. The van der Waals surface area contributed by atoms with Crippen molar-refractivity contribution in [3.8, 4) is 0 Å². The van der Waals surface area contributed by atoms with E-state index in [0.29, 0.717) is 19.5 Å². The first-order valence-electron chi connectivity index (χ1n) is 6.17. The van der Waals surface area contributed by atoms with Crippen molar-refractivity contribution in [1.82, 2.24) is 5.32 Å². The molecule has 1 atom stereocenters. The molecule has 100 valence electrons. The van der Waals surface area contributed by atoms with Crippen LogP contribution >= 0.6 is 0 Å². The van der Waals surface area contributed by atoms with Gasteiger partial charge in [-0.15, -0.1) is 0 Å². The summed E-state index contributed by atoms with van der Waals surface area (Å²) in [5.41, 5.74) is 9.58. The zero-order valence-corrected chi connectivity index (χ0v) is 10.8. The Bertz CT molecular complexity index is 525. The molecule has 0 aromatic heterocycles. The number of hydrogen-bond acceptors (Lipinski definition) is 4. The number of methoxy groups -OCH3 is 1. The molecule has 0 spiro atoms. The Labute approximate surface area is 111 Å². The molecule has 6 heteroatoms. The summed E-state index contributed by atoms with van der Waals surface area (Å²) < 4.78 is 4.95. The van der Waals surface area contributed by atoms with Crippen molar-refractivity contribution in [2.75, 3.05) is 20.2 Å². The Morgan fingerprint density at radius 1 is 1.58 bits per heavy atom. The van der Waals surface area contributed by atoms with Crippen molar-refractivity contribution in [2.45, 2.75) is 18.4 Å². The van der Waals surface area contributed by atoms with E-state index in [-0.39, 0.29) is 5.97 Å². The van der Waals surface area contributed by atoms with E-state index in [4.69, 9.17) is 10.3 Å². The third kappa shape index (κ3) is 2.41. The molecule has 0 saturated carbocycles. The van der Waals surface area contributed by atoms with Crippen LogP contribution < -0.4 is 5.32 Å². The first kappa shape index (κ1) is 13.4. The zero-order chi connectivity index (χ0) is 13.7. The van der Waals surface area contributed by atoms with Crippen LogP contribution in [0.15, 0.2) is 29.4 Å². The fourth-order valence-corrected chi connectivity index (χ4v) is 2.62. The lowest BCUT2D eigenvalue weighted by Gasteiger charge is -2.28. The molecule has 0 amide bonds. The van der Waals surface area contributed by atoms with Crippen LogP contribution in [0.5, 0.6) is 0 Å². The summed E-state index contributed by atoms with van der Waals surface area (Å²) in [6.07, 6.45) is 1.50. The van der Waals surface area contributed by atoms with Gasteiger partial charge in [-0.05, 0) is 29.5 Å². The lowest BCUT2D eigenvalue weighted by atomic mass is 9.91. The van der Waals surface area contributed by atoms with Gasteiger partial charge in [0.25, 0.3) is 0 Å². The summed E-state index contributed by atoms with van der Waals surface area (Å²) in [4.78, 5) is 14.9. The molecule has 1 unspecified atom stereocenters. The van der Waals surface area contributed by atoms with Crippen molar-refractivity contribution < 1.29 is 9.53 Å². The van der Waals surface area contributed by atoms with E-state index >= 15 is 0 Å². The lowest BCUT2D eigenvalue weighted by molar-refractivity contribution is -0.149. The van der Waals surface area contributed by atoms with Crippen LogP contribution in [0.4, 0.5) is 0 Å². The Morgan fingerprint density at radius 2 is 2.37 bits per heavy atom. The minimum absolute atomic E-state index is 0.293. The predicted molar refractivity (Wildman–Crippen MR) is 70.5 cm³/mol. The van der Waals surface area contributed by atoms with Gasteiger partial charge in [-0.3, -0.25) is 5.32 Å². The quantitative estimate of drug-likeness (QED) is 0.288. The van der Waals surface area contributed by atoms with Gasteiger partial charge in [-0.2, -0.15) is 0 Å². The first-order chi connectivity index (χ1) is 9.24. The highest BCUT2D eigenvalue weighted by molar-refractivity contribution is 5.84. The highest BCUT2D eigenvalue weighted by atomic mass is 16.5. The second-order valence-electron chi connectivity index (χ2n) is 4.44. The number of fused-ring (bicyclic) bond motifs is 1. The van der Waals surface area contributed by atoms with E-state index in [2.05, 4.69) is 15.3 Å². The third-order valence-corrected chi connectivity index (χ3v) is 3.48. The number of carbonyl (C=O) groups is 1. The summed E-state index contributed by atoms with van der Waals surface area (Å²) >= 11 is 0. The van der Waals surface area contributed by atoms with Gasteiger partial charge in [0.1, 0.15) is 5.54 Å². The van der Waals surface area contributed by atoms with Crippen LogP contribution in [0.25, 0.3) is 10.4 Å². The molecular weight excluding hydrogens is 244 g/mol. The fraction of sp³-hybridized carbons (Fsp3) is 0.462. The normalized spacial score (nSPS) is 20.5. The number of nitrogens with one attached hydrogen (secondary N) is 1. The Kier molecular flexibility index (Phi) is 4.04. The average Bonchev–Trinajstić information content (AvgIpc) is 2.83. The van der Waals surface area contributed by atoms with Gasteiger partial charge in [0, 0.05) is 18.0 Å². The van der Waals surface area contributed by atoms with Gasteiger partial charge in [0.15, 0.2) is 0 Å². The van der Waals surface area contributed by atoms with Crippen molar-refractivity contribution >= 4 is 5.97 Å². The molecular formula is C13H16N4O2. The maximum atomic E-state index is 12.2. The molecule has 1 aliphatic rings. The zero-order valence-electron chi connectivity index (χ0n) is 10.8. The topological polar surface area (TPSA) is 87.1 Å². The summed E-state index contributed by atoms with van der Waals surface area (Å²) in [5.74, 6) is -0.293. The molecule has 19 heavy (non-hydrogen) atoms. The minimum Gasteiger partial charge on any atom is -0.467 e. The van der Waals surface area contributed by atoms with Crippen LogP contribution in [0.2, 0.25) is 0 Å². The fourth-order valence-electron chi connectivity index (χ4n) is 2.62. The predicted octanol–water partition coefficient (Wildman–Crippen LogP) is 1.90. The minimum atomic E-state index is -0.809. The first-order valence-corrected chi connectivity index (χ1v) is 6.17. The molecule has 0 saturated heterocycles. The molecule has 1 aromatic rings. The van der Waals surface area contributed by atoms with Crippen LogP contribution in [0.1, 0.15) is 17.5 Å².